The van der Waals surface area contributed by atoms with Crippen LogP contribution in [0.5, 0.6) is 5.75 Å². The largest absolute Gasteiger partial charge is 0.494 e. The third-order valence-corrected chi connectivity index (χ3v) is 5.46. The number of carbonyl (C=O) groups is 1. The number of carboxylic acid groups (broad SMARTS) is 1. The Morgan fingerprint density at radius 1 is 1.27 bits per heavy atom. The van der Waals surface area contributed by atoms with Gasteiger partial charge in [-0.25, -0.2) is 9.18 Å². The predicted octanol–water partition coefficient (Wildman–Crippen LogP) is 4.76. The van der Waals surface area contributed by atoms with Crippen molar-refractivity contribution in [1.29, 1.82) is 0 Å². The number of nitrogens with zero attached hydrogens (tertiary/aromatic N) is 1. The van der Waals surface area contributed by atoms with Crippen molar-refractivity contribution in [2.75, 3.05) is 6.61 Å². The summed E-state index contributed by atoms with van der Waals surface area (Å²) in [5.74, 6) is -0.715. The van der Waals surface area contributed by atoms with Gasteiger partial charge < -0.3 is 15.2 Å². The molecule has 0 amide bonds. The van der Waals surface area contributed by atoms with Gasteiger partial charge in [0.1, 0.15) is 11.6 Å². The van der Waals surface area contributed by atoms with Crippen LogP contribution in [0.3, 0.4) is 0 Å². The van der Waals surface area contributed by atoms with E-state index in [1.54, 1.807) is 18.3 Å². The molecule has 0 aliphatic carbocycles. The number of fused-ring (bicyclic) bond motifs is 1. The first-order chi connectivity index (χ1) is 14.6. The van der Waals surface area contributed by atoms with Crippen molar-refractivity contribution in [2.24, 2.45) is 0 Å². The van der Waals surface area contributed by atoms with Crippen molar-refractivity contribution in [3.8, 4) is 16.9 Å². The minimum Gasteiger partial charge on any atom is -0.494 e. The van der Waals surface area contributed by atoms with Gasteiger partial charge in [0.2, 0.25) is 0 Å². The van der Waals surface area contributed by atoms with Crippen molar-refractivity contribution in [1.82, 2.24) is 10.3 Å². The highest BCUT2D eigenvalue weighted by Crippen LogP contribution is 2.34. The summed E-state index contributed by atoms with van der Waals surface area (Å²) in [7, 11) is 0. The Hall–Kier alpha value is -3.25. The molecule has 6 heteroatoms. The maximum Gasteiger partial charge on any atom is 0.336 e. The Kier molecular flexibility index (Phi) is 5.77. The monoisotopic (exact) mass is 406 g/mol. The van der Waals surface area contributed by atoms with E-state index in [1.807, 2.05) is 25.1 Å². The number of aromatic carboxylic acids is 1. The number of aromatic nitrogens is 1. The summed E-state index contributed by atoms with van der Waals surface area (Å²) in [5.41, 5.74) is 4.71. The van der Waals surface area contributed by atoms with Gasteiger partial charge in [-0.1, -0.05) is 12.1 Å². The van der Waals surface area contributed by atoms with E-state index in [1.165, 1.54) is 23.9 Å². The fourth-order valence-corrected chi connectivity index (χ4v) is 3.99. The van der Waals surface area contributed by atoms with Gasteiger partial charge in [-0.3, -0.25) is 4.98 Å². The third kappa shape index (κ3) is 4.04. The van der Waals surface area contributed by atoms with Crippen LogP contribution < -0.4 is 10.1 Å². The van der Waals surface area contributed by atoms with Gasteiger partial charge >= 0.3 is 5.97 Å². The number of hydrogen-bond acceptors (Lipinski definition) is 4. The summed E-state index contributed by atoms with van der Waals surface area (Å²) >= 11 is 0. The molecule has 1 aliphatic rings. The number of carboxylic acids is 1. The molecule has 1 aliphatic heterocycles. The minimum atomic E-state index is -0.936. The fourth-order valence-electron chi connectivity index (χ4n) is 3.99. The highest BCUT2D eigenvalue weighted by atomic mass is 19.1. The van der Waals surface area contributed by atoms with E-state index < -0.39 is 5.97 Å². The topological polar surface area (TPSA) is 71.5 Å². The van der Waals surface area contributed by atoms with Crippen LogP contribution in [0.2, 0.25) is 0 Å². The summed E-state index contributed by atoms with van der Waals surface area (Å²) in [5, 5.41) is 12.8. The molecule has 5 nitrogen and oxygen atoms in total. The number of benzene rings is 2. The normalized spacial score (nSPS) is 15.1. The summed E-state index contributed by atoms with van der Waals surface area (Å²) in [4.78, 5) is 15.5. The van der Waals surface area contributed by atoms with Crippen molar-refractivity contribution < 1.29 is 19.0 Å². The molecule has 2 heterocycles. The van der Waals surface area contributed by atoms with Crippen molar-refractivity contribution in [2.45, 2.75) is 32.4 Å². The van der Waals surface area contributed by atoms with Gasteiger partial charge in [0.05, 0.1) is 12.2 Å². The van der Waals surface area contributed by atoms with Gasteiger partial charge in [-0.05, 0) is 66.3 Å². The Bertz CT molecular complexity index is 1080. The Morgan fingerprint density at radius 2 is 2.13 bits per heavy atom. The van der Waals surface area contributed by atoms with Crippen LogP contribution in [-0.2, 0) is 13.0 Å². The summed E-state index contributed by atoms with van der Waals surface area (Å²) < 4.78 is 19.9. The highest BCUT2D eigenvalue weighted by Gasteiger charge is 2.23. The number of hydrogen-bond donors (Lipinski definition) is 2. The number of aryl methyl sites for hydroxylation is 1. The highest BCUT2D eigenvalue weighted by molar-refractivity contribution is 5.89. The number of nitrogens with one attached hydrogen (secondary N) is 1. The fraction of sp³-hybridized carbons (Fsp3) is 0.250. The molecule has 0 radical (unpaired) electrons. The SMILES string of the molecule is CCOc1ccc(-c2ccc3c(c2)CN[C@H]3CCc2cnccc2C(=O)O)c(F)c1. The number of rotatable bonds is 7. The van der Waals surface area contributed by atoms with E-state index in [-0.39, 0.29) is 11.9 Å². The van der Waals surface area contributed by atoms with Crippen molar-refractivity contribution >= 4 is 5.97 Å². The number of ether oxygens (including phenoxy) is 1. The quantitative estimate of drug-likeness (QED) is 0.592. The first-order valence-electron chi connectivity index (χ1n) is 10.0. The van der Waals surface area contributed by atoms with E-state index in [0.29, 0.717) is 36.4 Å². The van der Waals surface area contributed by atoms with E-state index in [0.717, 1.165) is 23.1 Å². The smallest absolute Gasteiger partial charge is 0.336 e. The molecule has 0 saturated heterocycles. The minimum absolute atomic E-state index is 0.126. The molecular weight excluding hydrogens is 383 g/mol. The van der Waals surface area contributed by atoms with Gasteiger partial charge in [0.25, 0.3) is 0 Å². The van der Waals surface area contributed by atoms with Crippen LogP contribution in [0.25, 0.3) is 11.1 Å². The molecule has 0 spiro atoms. The predicted molar refractivity (Wildman–Crippen MR) is 112 cm³/mol. The van der Waals surface area contributed by atoms with Gasteiger partial charge in [-0.2, -0.15) is 0 Å². The van der Waals surface area contributed by atoms with Crippen LogP contribution in [0, 0.1) is 5.82 Å². The molecule has 0 saturated carbocycles. The summed E-state index contributed by atoms with van der Waals surface area (Å²) in [6, 6.07) is 12.6. The average Bonchev–Trinajstić information content (AvgIpc) is 3.15. The number of pyridine rings is 1. The lowest BCUT2D eigenvalue weighted by atomic mass is 9.94. The lowest BCUT2D eigenvalue weighted by Crippen LogP contribution is -2.13. The second-order valence-electron chi connectivity index (χ2n) is 7.30. The van der Waals surface area contributed by atoms with Gasteiger partial charge in [0.15, 0.2) is 0 Å². The van der Waals surface area contributed by atoms with E-state index in [2.05, 4.69) is 10.3 Å². The van der Waals surface area contributed by atoms with Crippen molar-refractivity contribution in [3.05, 3.63) is 82.9 Å². The Morgan fingerprint density at radius 3 is 2.90 bits per heavy atom. The second-order valence-corrected chi connectivity index (χ2v) is 7.30. The van der Waals surface area contributed by atoms with E-state index >= 15 is 0 Å². The van der Waals surface area contributed by atoms with Crippen molar-refractivity contribution in [3.63, 3.8) is 0 Å². The molecule has 0 bridgehead atoms. The van der Waals surface area contributed by atoms with Crippen LogP contribution in [0.4, 0.5) is 4.39 Å². The lowest BCUT2D eigenvalue weighted by molar-refractivity contribution is 0.0695. The van der Waals surface area contributed by atoms with Crippen LogP contribution in [0.15, 0.2) is 54.9 Å². The molecule has 30 heavy (non-hydrogen) atoms. The maximum absolute atomic E-state index is 14.5. The Labute approximate surface area is 174 Å². The molecule has 0 fully saturated rings. The molecule has 4 rings (SSSR count). The molecule has 2 aromatic carbocycles. The number of halogens is 1. The van der Waals surface area contributed by atoms with Crippen LogP contribution in [0.1, 0.15) is 46.4 Å². The molecule has 154 valence electrons. The molecule has 1 aromatic heterocycles. The standard InChI is InChI=1S/C24H23FN2O3/c1-2-30-18-5-7-19(22(25)12-18)15-3-6-20-17(11-15)14-27-23(20)8-4-16-13-26-10-9-21(16)24(28)29/h3,5-7,9-13,23,27H,2,4,8,14H2,1H3,(H,28,29)/t23-/m0/s1. The maximum atomic E-state index is 14.5. The van der Waals surface area contributed by atoms with E-state index in [9.17, 15) is 14.3 Å². The summed E-state index contributed by atoms with van der Waals surface area (Å²) in [6.45, 7) is 3.07. The Balaban J connectivity index is 1.51. The first-order valence-corrected chi connectivity index (χ1v) is 10.0. The van der Waals surface area contributed by atoms with Crippen LogP contribution >= 0.6 is 0 Å². The molecule has 1 atom stereocenters. The zero-order valence-electron chi connectivity index (χ0n) is 16.7. The van der Waals surface area contributed by atoms with Gasteiger partial charge in [0, 0.05) is 36.6 Å². The van der Waals surface area contributed by atoms with E-state index in [4.69, 9.17) is 4.74 Å². The average molecular weight is 406 g/mol. The molecule has 3 aromatic rings. The first kappa shape index (κ1) is 20.0. The second kappa shape index (κ2) is 8.63. The molecule has 0 unspecified atom stereocenters. The van der Waals surface area contributed by atoms with Crippen LogP contribution in [-0.4, -0.2) is 22.7 Å². The molecule has 2 N–H and O–H groups in total. The third-order valence-electron chi connectivity index (χ3n) is 5.46. The molecular formula is C24H23FN2O3. The zero-order valence-corrected chi connectivity index (χ0v) is 16.7. The lowest BCUT2D eigenvalue weighted by Gasteiger charge is -2.14. The summed E-state index contributed by atoms with van der Waals surface area (Å²) in [6.07, 6.45) is 4.49. The zero-order chi connectivity index (χ0) is 21.1. The van der Waals surface area contributed by atoms with Gasteiger partial charge in [-0.15, -0.1) is 0 Å².